The number of carbonyl (C=O) groups excluding carboxylic acids is 2. The van der Waals surface area contributed by atoms with Crippen LogP contribution in [0.4, 0.5) is 0 Å². The molecular weight excluding hydrogens is 230 g/mol. The molecule has 1 saturated carbocycles. The summed E-state index contributed by atoms with van der Waals surface area (Å²) in [5, 5.41) is 5.57. The maximum Gasteiger partial charge on any atom is 0.241 e. The van der Waals surface area contributed by atoms with Crippen LogP contribution in [0.15, 0.2) is 0 Å². The van der Waals surface area contributed by atoms with Crippen molar-refractivity contribution in [1.29, 1.82) is 0 Å². The lowest BCUT2D eigenvalue weighted by Crippen LogP contribution is -2.44. The summed E-state index contributed by atoms with van der Waals surface area (Å²) in [6.07, 6.45) is 6.29. The Hall–Kier alpha value is -1.10. The standard InChI is InChI=1S/C13H25N3O2/c1-14-9-8-12(17)15-10-13(18)16(2)11-6-4-3-5-7-11/h11,14H,3-10H2,1-2H3,(H,15,17). The van der Waals surface area contributed by atoms with Crippen LogP contribution in [0.1, 0.15) is 38.5 Å². The van der Waals surface area contributed by atoms with Gasteiger partial charge >= 0.3 is 0 Å². The number of nitrogens with one attached hydrogen (secondary N) is 2. The number of hydrogen-bond acceptors (Lipinski definition) is 3. The number of rotatable bonds is 6. The summed E-state index contributed by atoms with van der Waals surface area (Å²) in [4.78, 5) is 25.1. The van der Waals surface area contributed by atoms with Crippen molar-refractivity contribution in [2.75, 3.05) is 27.2 Å². The van der Waals surface area contributed by atoms with Gasteiger partial charge in [0.2, 0.25) is 11.8 Å². The van der Waals surface area contributed by atoms with Crippen LogP contribution in [0.5, 0.6) is 0 Å². The van der Waals surface area contributed by atoms with E-state index in [1.807, 2.05) is 7.05 Å². The molecule has 0 bridgehead atoms. The minimum atomic E-state index is -0.0743. The third kappa shape index (κ3) is 5.04. The summed E-state index contributed by atoms with van der Waals surface area (Å²) in [6, 6.07) is 0.362. The molecule has 1 aliphatic rings. The van der Waals surface area contributed by atoms with E-state index in [0.29, 0.717) is 19.0 Å². The first-order valence-electron chi connectivity index (χ1n) is 6.82. The van der Waals surface area contributed by atoms with Crippen molar-refractivity contribution in [3.05, 3.63) is 0 Å². The van der Waals surface area contributed by atoms with Gasteiger partial charge in [0.05, 0.1) is 6.54 Å². The minimum Gasteiger partial charge on any atom is -0.347 e. The zero-order valence-corrected chi connectivity index (χ0v) is 11.5. The topological polar surface area (TPSA) is 61.4 Å². The fourth-order valence-corrected chi connectivity index (χ4v) is 2.30. The van der Waals surface area contributed by atoms with Gasteiger partial charge < -0.3 is 15.5 Å². The molecule has 2 N–H and O–H groups in total. The van der Waals surface area contributed by atoms with Crippen LogP contribution in [-0.4, -0.2) is 49.9 Å². The Labute approximate surface area is 109 Å². The van der Waals surface area contributed by atoms with Gasteiger partial charge in [-0.25, -0.2) is 0 Å². The monoisotopic (exact) mass is 255 g/mol. The van der Waals surface area contributed by atoms with E-state index in [2.05, 4.69) is 10.6 Å². The smallest absolute Gasteiger partial charge is 0.241 e. The maximum atomic E-state index is 11.9. The summed E-state index contributed by atoms with van der Waals surface area (Å²) in [5.74, 6) is -0.0607. The minimum absolute atomic E-state index is 0.0136. The van der Waals surface area contributed by atoms with Gasteiger partial charge in [0, 0.05) is 26.1 Å². The van der Waals surface area contributed by atoms with Crippen LogP contribution in [0, 0.1) is 0 Å². The van der Waals surface area contributed by atoms with Gasteiger partial charge in [0.15, 0.2) is 0 Å². The first kappa shape index (κ1) is 15.0. The number of amides is 2. The van der Waals surface area contributed by atoms with Crippen LogP contribution in [0.2, 0.25) is 0 Å². The molecule has 0 aromatic heterocycles. The van der Waals surface area contributed by atoms with Gasteiger partial charge in [-0.3, -0.25) is 9.59 Å². The van der Waals surface area contributed by atoms with Crippen molar-refractivity contribution in [3.63, 3.8) is 0 Å². The molecule has 0 saturated heterocycles. The first-order valence-corrected chi connectivity index (χ1v) is 6.82. The number of likely N-dealkylation sites (N-methyl/N-ethyl adjacent to an activating group) is 1. The molecule has 104 valence electrons. The molecule has 1 fully saturated rings. The Morgan fingerprint density at radius 1 is 1.22 bits per heavy atom. The molecule has 1 aliphatic carbocycles. The first-order chi connectivity index (χ1) is 8.65. The van der Waals surface area contributed by atoms with E-state index in [9.17, 15) is 9.59 Å². The fourth-order valence-electron chi connectivity index (χ4n) is 2.30. The highest BCUT2D eigenvalue weighted by Crippen LogP contribution is 2.21. The summed E-state index contributed by atoms with van der Waals surface area (Å²) < 4.78 is 0. The molecule has 5 heteroatoms. The highest BCUT2D eigenvalue weighted by Gasteiger charge is 2.21. The molecule has 0 aromatic carbocycles. The van der Waals surface area contributed by atoms with Gasteiger partial charge in [0.25, 0.3) is 0 Å². The SMILES string of the molecule is CNCCC(=O)NCC(=O)N(C)C1CCCCC1. The Morgan fingerprint density at radius 2 is 1.89 bits per heavy atom. The van der Waals surface area contributed by atoms with Crippen LogP contribution < -0.4 is 10.6 Å². The molecule has 1 rings (SSSR count). The Morgan fingerprint density at radius 3 is 2.50 bits per heavy atom. The van der Waals surface area contributed by atoms with Crippen molar-refractivity contribution >= 4 is 11.8 Å². The Bertz CT molecular complexity index is 275. The van der Waals surface area contributed by atoms with Crippen LogP contribution in [0.3, 0.4) is 0 Å². The molecule has 0 unspecified atom stereocenters. The number of nitrogens with zero attached hydrogens (tertiary/aromatic N) is 1. The molecule has 0 heterocycles. The van der Waals surface area contributed by atoms with Crippen LogP contribution in [-0.2, 0) is 9.59 Å². The maximum absolute atomic E-state index is 11.9. The highest BCUT2D eigenvalue weighted by molar-refractivity contribution is 5.84. The van der Waals surface area contributed by atoms with Gasteiger partial charge in [-0.15, -0.1) is 0 Å². The molecular formula is C13H25N3O2. The lowest BCUT2D eigenvalue weighted by Gasteiger charge is -2.31. The van der Waals surface area contributed by atoms with E-state index >= 15 is 0 Å². The third-order valence-corrected chi connectivity index (χ3v) is 3.55. The summed E-state index contributed by atoms with van der Waals surface area (Å²) in [6.45, 7) is 0.758. The molecule has 2 amide bonds. The zero-order valence-electron chi connectivity index (χ0n) is 11.5. The highest BCUT2D eigenvalue weighted by atomic mass is 16.2. The van der Waals surface area contributed by atoms with E-state index in [1.54, 1.807) is 11.9 Å². The number of hydrogen-bond donors (Lipinski definition) is 2. The molecule has 18 heavy (non-hydrogen) atoms. The van der Waals surface area contributed by atoms with Crippen molar-refractivity contribution in [3.8, 4) is 0 Å². The molecule has 5 nitrogen and oxygen atoms in total. The van der Waals surface area contributed by atoms with E-state index in [-0.39, 0.29) is 18.4 Å². The molecule has 0 spiro atoms. The van der Waals surface area contributed by atoms with E-state index in [0.717, 1.165) is 12.8 Å². The molecule has 0 radical (unpaired) electrons. The predicted octanol–water partition coefficient (Wildman–Crippen LogP) is 0.503. The quantitative estimate of drug-likeness (QED) is 0.726. The lowest BCUT2D eigenvalue weighted by atomic mass is 9.94. The average molecular weight is 255 g/mol. The molecule has 0 aromatic rings. The van der Waals surface area contributed by atoms with Crippen molar-refractivity contribution in [2.45, 2.75) is 44.6 Å². The average Bonchev–Trinajstić information content (AvgIpc) is 2.42. The summed E-state index contributed by atoms with van der Waals surface area (Å²) in [5.41, 5.74) is 0. The van der Waals surface area contributed by atoms with Crippen LogP contribution >= 0.6 is 0 Å². The lowest BCUT2D eigenvalue weighted by molar-refractivity contribution is -0.134. The normalized spacial score (nSPS) is 16.3. The Balaban J connectivity index is 2.24. The second kappa shape index (κ2) is 8.08. The Kier molecular flexibility index (Phi) is 6.72. The second-order valence-corrected chi connectivity index (χ2v) is 4.93. The fraction of sp³-hybridized carbons (Fsp3) is 0.846. The zero-order chi connectivity index (χ0) is 13.4. The summed E-state index contributed by atoms with van der Waals surface area (Å²) in [7, 11) is 3.65. The third-order valence-electron chi connectivity index (χ3n) is 3.55. The van der Waals surface area contributed by atoms with Crippen LogP contribution in [0.25, 0.3) is 0 Å². The summed E-state index contributed by atoms with van der Waals surface area (Å²) >= 11 is 0. The van der Waals surface area contributed by atoms with Crippen molar-refractivity contribution in [2.24, 2.45) is 0 Å². The van der Waals surface area contributed by atoms with Gasteiger partial charge in [-0.2, -0.15) is 0 Å². The number of carbonyl (C=O) groups is 2. The van der Waals surface area contributed by atoms with Gasteiger partial charge in [0.1, 0.15) is 0 Å². The van der Waals surface area contributed by atoms with Crippen molar-refractivity contribution in [1.82, 2.24) is 15.5 Å². The second-order valence-electron chi connectivity index (χ2n) is 4.93. The van der Waals surface area contributed by atoms with E-state index in [4.69, 9.17) is 0 Å². The van der Waals surface area contributed by atoms with E-state index < -0.39 is 0 Å². The van der Waals surface area contributed by atoms with Crippen molar-refractivity contribution < 1.29 is 9.59 Å². The predicted molar refractivity (Wildman–Crippen MR) is 71.2 cm³/mol. The van der Waals surface area contributed by atoms with Gasteiger partial charge in [-0.05, 0) is 19.9 Å². The molecule has 0 aliphatic heterocycles. The largest absolute Gasteiger partial charge is 0.347 e. The van der Waals surface area contributed by atoms with Gasteiger partial charge in [-0.1, -0.05) is 19.3 Å². The molecule has 0 atom stereocenters. The van der Waals surface area contributed by atoms with E-state index in [1.165, 1.54) is 19.3 Å².